The second-order valence-corrected chi connectivity index (χ2v) is 5.85. The summed E-state index contributed by atoms with van der Waals surface area (Å²) in [4.78, 5) is 24.0. The third-order valence-electron chi connectivity index (χ3n) is 3.79. The van der Waals surface area contributed by atoms with Gasteiger partial charge < -0.3 is 10.6 Å². The SMILES string of the molecule is CC1(C)CN(C(=O)Cn2cc([N+](=O)[O-])cn2)CCC1N. The van der Waals surface area contributed by atoms with E-state index in [1.165, 1.54) is 10.9 Å². The van der Waals surface area contributed by atoms with Gasteiger partial charge in [-0.25, -0.2) is 0 Å². The highest BCUT2D eigenvalue weighted by Crippen LogP contribution is 2.27. The number of aromatic nitrogens is 2. The average molecular weight is 281 g/mol. The summed E-state index contributed by atoms with van der Waals surface area (Å²) in [5.74, 6) is -0.0945. The number of nitrogens with zero attached hydrogens (tertiary/aromatic N) is 4. The van der Waals surface area contributed by atoms with Crippen LogP contribution in [0.1, 0.15) is 20.3 Å². The van der Waals surface area contributed by atoms with E-state index in [9.17, 15) is 14.9 Å². The van der Waals surface area contributed by atoms with Gasteiger partial charge in [-0.3, -0.25) is 19.6 Å². The third kappa shape index (κ3) is 2.96. The lowest BCUT2D eigenvalue weighted by atomic mass is 9.80. The smallest absolute Gasteiger partial charge is 0.307 e. The first-order valence-corrected chi connectivity index (χ1v) is 6.50. The van der Waals surface area contributed by atoms with Crippen LogP contribution in [0.2, 0.25) is 0 Å². The Morgan fingerprint density at radius 2 is 2.35 bits per heavy atom. The van der Waals surface area contributed by atoms with Crippen LogP contribution in [0.3, 0.4) is 0 Å². The number of nitrogens with two attached hydrogens (primary N) is 1. The molecule has 0 radical (unpaired) electrons. The number of hydrogen-bond acceptors (Lipinski definition) is 5. The minimum atomic E-state index is -0.531. The Morgan fingerprint density at radius 3 is 2.90 bits per heavy atom. The van der Waals surface area contributed by atoms with Crippen molar-refractivity contribution in [1.82, 2.24) is 14.7 Å². The topological polar surface area (TPSA) is 107 Å². The van der Waals surface area contributed by atoms with Gasteiger partial charge in [-0.15, -0.1) is 0 Å². The lowest BCUT2D eigenvalue weighted by Gasteiger charge is -2.42. The molecule has 0 aromatic carbocycles. The van der Waals surface area contributed by atoms with Crippen LogP contribution in [0.4, 0.5) is 5.69 Å². The number of hydrogen-bond donors (Lipinski definition) is 1. The highest BCUT2D eigenvalue weighted by atomic mass is 16.6. The van der Waals surface area contributed by atoms with Crippen molar-refractivity contribution in [2.75, 3.05) is 13.1 Å². The largest absolute Gasteiger partial charge is 0.340 e. The number of likely N-dealkylation sites (tertiary alicyclic amines) is 1. The molecule has 1 fully saturated rings. The van der Waals surface area contributed by atoms with Gasteiger partial charge in [-0.05, 0) is 11.8 Å². The number of piperidine rings is 1. The Balaban J connectivity index is 1.99. The first-order chi connectivity index (χ1) is 9.29. The molecule has 0 bridgehead atoms. The van der Waals surface area contributed by atoms with Crippen molar-refractivity contribution in [2.45, 2.75) is 32.9 Å². The minimum absolute atomic E-state index is 0.0131. The van der Waals surface area contributed by atoms with Crippen LogP contribution in [-0.2, 0) is 11.3 Å². The van der Waals surface area contributed by atoms with Gasteiger partial charge in [0, 0.05) is 19.1 Å². The van der Waals surface area contributed by atoms with Crippen LogP contribution in [0.25, 0.3) is 0 Å². The van der Waals surface area contributed by atoms with Gasteiger partial charge in [0.15, 0.2) is 0 Å². The second kappa shape index (κ2) is 5.20. The van der Waals surface area contributed by atoms with Crippen LogP contribution in [0.15, 0.2) is 12.4 Å². The van der Waals surface area contributed by atoms with E-state index in [4.69, 9.17) is 5.73 Å². The molecule has 1 aromatic rings. The number of carbonyl (C=O) groups excluding carboxylic acids is 1. The van der Waals surface area contributed by atoms with Crippen LogP contribution in [0, 0.1) is 15.5 Å². The van der Waals surface area contributed by atoms with Crippen molar-refractivity contribution in [3.63, 3.8) is 0 Å². The van der Waals surface area contributed by atoms with Gasteiger partial charge in [0.05, 0.1) is 4.92 Å². The molecule has 1 aromatic heterocycles. The van der Waals surface area contributed by atoms with E-state index in [1.807, 2.05) is 13.8 Å². The third-order valence-corrected chi connectivity index (χ3v) is 3.79. The quantitative estimate of drug-likeness (QED) is 0.636. The predicted octanol–water partition coefficient (Wildman–Crippen LogP) is 0.377. The Morgan fingerprint density at radius 1 is 1.65 bits per heavy atom. The molecule has 110 valence electrons. The molecule has 1 atom stereocenters. The Bertz CT molecular complexity index is 525. The number of carbonyl (C=O) groups is 1. The fourth-order valence-corrected chi connectivity index (χ4v) is 2.36. The van der Waals surface area contributed by atoms with E-state index in [2.05, 4.69) is 5.10 Å². The summed E-state index contributed by atoms with van der Waals surface area (Å²) >= 11 is 0. The maximum atomic E-state index is 12.2. The molecule has 1 saturated heterocycles. The number of nitro groups is 1. The van der Waals surface area contributed by atoms with E-state index in [0.29, 0.717) is 13.1 Å². The van der Waals surface area contributed by atoms with Gasteiger partial charge in [0.2, 0.25) is 5.91 Å². The molecule has 1 aliphatic heterocycles. The lowest BCUT2D eigenvalue weighted by Crippen LogP contribution is -2.54. The second-order valence-electron chi connectivity index (χ2n) is 5.85. The molecule has 1 aliphatic rings. The fourth-order valence-electron chi connectivity index (χ4n) is 2.36. The summed E-state index contributed by atoms with van der Waals surface area (Å²) in [6.45, 7) is 5.30. The van der Waals surface area contributed by atoms with Gasteiger partial charge in [-0.1, -0.05) is 13.8 Å². The van der Waals surface area contributed by atoms with E-state index in [-0.39, 0.29) is 29.6 Å². The summed E-state index contributed by atoms with van der Waals surface area (Å²) in [5.41, 5.74) is 5.80. The predicted molar refractivity (Wildman–Crippen MR) is 71.8 cm³/mol. The molecule has 2 rings (SSSR count). The highest BCUT2D eigenvalue weighted by Gasteiger charge is 2.35. The first kappa shape index (κ1) is 14.4. The molecule has 0 spiro atoms. The van der Waals surface area contributed by atoms with Crippen LogP contribution in [0.5, 0.6) is 0 Å². The van der Waals surface area contributed by atoms with Crippen molar-refractivity contribution in [3.05, 3.63) is 22.5 Å². The van der Waals surface area contributed by atoms with Crippen LogP contribution in [-0.4, -0.2) is 44.6 Å². The van der Waals surface area contributed by atoms with E-state index in [1.54, 1.807) is 4.90 Å². The maximum absolute atomic E-state index is 12.2. The Hall–Kier alpha value is -1.96. The summed E-state index contributed by atoms with van der Waals surface area (Å²) in [6.07, 6.45) is 3.17. The fraction of sp³-hybridized carbons (Fsp3) is 0.667. The minimum Gasteiger partial charge on any atom is -0.340 e. The van der Waals surface area contributed by atoms with Crippen LogP contribution >= 0.6 is 0 Å². The van der Waals surface area contributed by atoms with Crippen molar-refractivity contribution < 1.29 is 9.72 Å². The highest BCUT2D eigenvalue weighted by molar-refractivity contribution is 5.76. The van der Waals surface area contributed by atoms with E-state index >= 15 is 0 Å². The molecule has 8 heteroatoms. The van der Waals surface area contributed by atoms with Crippen molar-refractivity contribution >= 4 is 11.6 Å². The average Bonchev–Trinajstić information content (AvgIpc) is 2.81. The van der Waals surface area contributed by atoms with Crippen molar-refractivity contribution in [3.8, 4) is 0 Å². The summed E-state index contributed by atoms with van der Waals surface area (Å²) in [7, 11) is 0. The maximum Gasteiger partial charge on any atom is 0.307 e. The zero-order valence-corrected chi connectivity index (χ0v) is 11.7. The molecular weight excluding hydrogens is 262 g/mol. The van der Waals surface area contributed by atoms with Crippen molar-refractivity contribution in [2.24, 2.45) is 11.1 Å². The zero-order valence-electron chi connectivity index (χ0n) is 11.7. The number of amides is 1. The Labute approximate surface area is 116 Å². The molecule has 8 nitrogen and oxygen atoms in total. The lowest BCUT2D eigenvalue weighted by molar-refractivity contribution is -0.385. The standard InChI is InChI=1S/C12H19N5O3/c1-12(2)8-15(4-3-10(12)13)11(18)7-16-6-9(5-14-16)17(19)20/h5-6,10H,3-4,7-8,13H2,1-2H3. The number of rotatable bonds is 3. The molecule has 2 heterocycles. The van der Waals surface area contributed by atoms with Crippen molar-refractivity contribution in [1.29, 1.82) is 0 Å². The summed E-state index contributed by atoms with van der Waals surface area (Å²) in [5, 5.41) is 14.4. The molecule has 1 amide bonds. The molecular formula is C12H19N5O3. The monoisotopic (exact) mass is 281 g/mol. The van der Waals surface area contributed by atoms with Gasteiger partial charge in [0.25, 0.3) is 0 Å². The molecule has 20 heavy (non-hydrogen) atoms. The molecule has 0 aliphatic carbocycles. The normalized spacial score (nSPS) is 21.8. The first-order valence-electron chi connectivity index (χ1n) is 6.50. The van der Waals surface area contributed by atoms with Gasteiger partial charge in [0.1, 0.15) is 18.9 Å². The van der Waals surface area contributed by atoms with Crippen LogP contribution < -0.4 is 5.73 Å². The molecule has 1 unspecified atom stereocenters. The van der Waals surface area contributed by atoms with E-state index in [0.717, 1.165) is 12.6 Å². The van der Waals surface area contributed by atoms with E-state index < -0.39 is 4.92 Å². The zero-order chi connectivity index (χ0) is 14.9. The molecule has 2 N–H and O–H groups in total. The summed E-state index contributed by atoms with van der Waals surface area (Å²) in [6, 6.07) is 0.0809. The summed E-state index contributed by atoms with van der Waals surface area (Å²) < 4.78 is 1.29. The van der Waals surface area contributed by atoms with Gasteiger partial charge >= 0.3 is 5.69 Å². The van der Waals surface area contributed by atoms with Gasteiger partial charge in [-0.2, -0.15) is 5.10 Å². The Kier molecular flexibility index (Phi) is 3.76. The molecule has 0 saturated carbocycles.